The van der Waals surface area contributed by atoms with Gasteiger partial charge in [-0.05, 0) is 22.5 Å². The van der Waals surface area contributed by atoms with Gasteiger partial charge in [-0.25, -0.2) is 0 Å². The summed E-state index contributed by atoms with van der Waals surface area (Å²) in [6.07, 6.45) is 1.50. The van der Waals surface area contributed by atoms with Crippen molar-refractivity contribution in [3.05, 3.63) is 46.5 Å². The molecule has 2 rings (SSSR count). The van der Waals surface area contributed by atoms with Crippen molar-refractivity contribution in [3.8, 4) is 0 Å². The maximum atomic E-state index is 12.0. The molecule has 0 amide bonds. The van der Waals surface area contributed by atoms with Crippen LogP contribution in [-0.2, 0) is 5.41 Å². The quantitative estimate of drug-likeness (QED) is 0.765. The second-order valence-corrected chi connectivity index (χ2v) is 5.72. The van der Waals surface area contributed by atoms with E-state index in [2.05, 4.69) is 30.4 Å². The van der Waals surface area contributed by atoms with E-state index in [1.54, 1.807) is 0 Å². The van der Waals surface area contributed by atoms with E-state index in [0.29, 0.717) is 10.4 Å². The molecule has 0 bridgehead atoms. The largest absolute Gasteiger partial charge is 0.288 e. The van der Waals surface area contributed by atoms with E-state index in [0.717, 1.165) is 11.5 Å². The zero-order chi connectivity index (χ0) is 12.5. The Morgan fingerprint density at radius 2 is 1.82 bits per heavy atom. The van der Waals surface area contributed by atoms with Gasteiger partial charge in [-0.15, -0.1) is 5.10 Å². The van der Waals surface area contributed by atoms with Crippen LogP contribution in [0.15, 0.2) is 30.5 Å². The third kappa shape index (κ3) is 2.58. The monoisotopic (exact) mass is 246 g/mol. The average molecular weight is 246 g/mol. The average Bonchev–Trinajstić information content (AvgIpc) is 2.80. The SMILES string of the molecule is CC(C)(C)c1ccc(C(=O)c2cnns2)cc1. The molecule has 0 radical (unpaired) electrons. The summed E-state index contributed by atoms with van der Waals surface area (Å²) < 4.78 is 3.70. The molecule has 0 aliphatic rings. The van der Waals surface area contributed by atoms with Gasteiger partial charge >= 0.3 is 0 Å². The lowest BCUT2D eigenvalue weighted by molar-refractivity contribution is 0.104. The number of hydrogen-bond acceptors (Lipinski definition) is 4. The molecule has 17 heavy (non-hydrogen) atoms. The minimum absolute atomic E-state index is 0.0135. The molecule has 0 aliphatic heterocycles. The lowest BCUT2D eigenvalue weighted by Gasteiger charge is -2.18. The summed E-state index contributed by atoms with van der Waals surface area (Å²) in [4.78, 5) is 12.6. The lowest BCUT2D eigenvalue weighted by Crippen LogP contribution is -2.11. The molecule has 2 aromatic rings. The van der Waals surface area contributed by atoms with Gasteiger partial charge in [0.25, 0.3) is 0 Å². The molecule has 0 saturated heterocycles. The second kappa shape index (κ2) is 4.37. The van der Waals surface area contributed by atoms with Crippen LogP contribution in [0.4, 0.5) is 0 Å². The van der Waals surface area contributed by atoms with Crippen LogP contribution in [0.25, 0.3) is 0 Å². The number of nitrogens with zero attached hydrogens (tertiary/aromatic N) is 2. The smallest absolute Gasteiger partial charge is 0.206 e. The van der Waals surface area contributed by atoms with Crippen molar-refractivity contribution in [1.82, 2.24) is 9.59 Å². The Labute approximate surface area is 105 Å². The standard InChI is InChI=1S/C13H14N2OS/c1-13(2,3)10-6-4-9(5-7-10)12(16)11-8-14-15-17-11/h4-8H,1-3H3. The van der Waals surface area contributed by atoms with Gasteiger partial charge in [0.05, 0.1) is 6.20 Å². The van der Waals surface area contributed by atoms with E-state index in [4.69, 9.17) is 0 Å². The van der Waals surface area contributed by atoms with Crippen LogP contribution >= 0.6 is 11.5 Å². The van der Waals surface area contributed by atoms with E-state index < -0.39 is 0 Å². The summed E-state index contributed by atoms with van der Waals surface area (Å²) in [5, 5.41) is 3.67. The number of benzene rings is 1. The maximum absolute atomic E-state index is 12.0. The topological polar surface area (TPSA) is 42.9 Å². The first kappa shape index (κ1) is 11.9. The van der Waals surface area contributed by atoms with Crippen LogP contribution in [0.1, 0.15) is 41.6 Å². The number of aromatic nitrogens is 2. The fourth-order valence-electron chi connectivity index (χ4n) is 1.53. The molecule has 1 heterocycles. The summed E-state index contributed by atoms with van der Waals surface area (Å²) in [6, 6.07) is 7.73. The van der Waals surface area contributed by atoms with Crippen LogP contribution in [0.3, 0.4) is 0 Å². The first-order chi connectivity index (χ1) is 7.98. The number of carbonyl (C=O) groups excluding carboxylic acids is 1. The van der Waals surface area contributed by atoms with Crippen LogP contribution in [0.2, 0.25) is 0 Å². The van der Waals surface area contributed by atoms with E-state index in [1.807, 2.05) is 24.3 Å². The zero-order valence-corrected chi connectivity index (χ0v) is 10.9. The predicted octanol–water partition coefficient (Wildman–Crippen LogP) is 3.07. The number of hydrogen-bond donors (Lipinski definition) is 0. The molecule has 3 nitrogen and oxygen atoms in total. The first-order valence-electron chi connectivity index (χ1n) is 5.41. The van der Waals surface area contributed by atoms with Gasteiger partial charge in [0.2, 0.25) is 5.78 Å². The Morgan fingerprint density at radius 1 is 1.18 bits per heavy atom. The molecule has 0 atom stereocenters. The van der Waals surface area contributed by atoms with Crippen molar-refractivity contribution < 1.29 is 4.79 Å². The molecule has 0 spiro atoms. The van der Waals surface area contributed by atoms with Gasteiger partial charge in [0.15, 0.2) is 0 Å². The first-order valence-corrected chi connectivity index (χ1v) is 6.18. The molecule has 0 N–H and O–H groups in total. The third-order valence-electron chi connectivity index (χ3n) is 2.60. The van der Waals surface area contributed by atoms with Crippen molar-refractivity contribution in [2.24, 2.45) is 0 Å². The van der Waals surface area contributed by atoms with Crippen molar-refractivity contribution in [3.63, 3.8) is 0 Å². The predicted molar refractivity (Wildman–Crippen MR) is 68.5 cm³/mol. The Bertz CT molecular complexity index is 509. The second-order valence-electron chi connectivity index (χ2n) is 4.94. The summed E-state index contributed by atoms with van der Waals surface area (Å²) in [5.74, 6) is -0.0135. The van der Waals surface area contributed by atoms with Crippen molar-refractivity contribution in [1.29, 1.82) is 0 Å². The van der Waals surface area contributed by atoms with Crippen molar-refractivity contribution in [2.45, 2.75) is 26.2 Å². The van der Waals surface area contributed by atoms with Gasteiger partial charge in [0, 0.05) is 5.56 Å². The van der Waals surface area contributed by atoms with Crippen LogP contribution in [0, 0.1) is 0 Å². The minimum Gasteiger partial charge on any atom is -0.288 e. The molecule has 1 aromatic heterocycles. The van der Waals surface area contributed by atoms with Crippen molar-refractivity contribution >= 4 is 17.3 Å². The van der Waals surface area contributed by atoms with Crippen LogP contribution in [0.5, 0.6) is 0 Å². The fourth-order valence-corrected chi connectivity index (χ4v) is 2.01. The number of rotatable bonds is 2. The van der Waals surface area contributed by atoms with Gasteiger partial charge < -0.3 is 0 Å². The fraction of sp³-hybridized carbons (Fsp3) is 0.308. The molecule has 88 valence electrons. The Kier molecular flexibility index (Phi) is 3.07. The summed E-state index contributed by atoms with van der Waals surface area (Å²) in [7, 11) is 0. The van der Waals surface area contributed by atoms with Gasteiger partial charge in [-0.3, -0.25) is 4.79 Å². The van der Waals surface area contributed by atoms with Gasteiger partial charge in [-0.2, -0.15) is 0 Å². The van der Waals surface area contributed by atoms with Crippen LogP contribution in [-0.4, -0.2) is 15.4 Å². The molecule has 0 fully saturated rings. The molecule has 0 aliphatic carbocycles. The molecule has 0 saturated carbocycles. The molecule has 0 unspecified atom stereocenters. The third-order valence-corrected chi connectivity index (χ3v) is 3.26. The molecular weight excluding hydrogens is 232 g/mol. The Morgan fingerprint density at radius 3 is 2.29 bits per heavy atom. The Balaban J connectivity index is 2.28. The van der Waals surface area contributed by atoms with E-state index in [1.165, 1.54) is 11.8 Å². The molecule has 1 aromatic carbocycles. The minimum atomic E-state index is -0.0135. The zero-order valence-electron chi connectivity index (χ0n) is 10.1. The highest BCUT2D eigenvalue weighted by atomic mass is 32.1. The number of carbonyl (C=O) groups is 1. The molecular formula is C13H14N2OS. The van der Waals surface area contributed by atoms with Gasteiger partial charge in [-0.1, -0.05) is 49.5 Å². The highest BCUT2D eigenvalue weighted by molar-refractivity contribution is 7.08. The summed E-state index contributed by atoms with van der Waals surface area (Å²) in [6.45, 7) is 6.45. The van der Waals surface area contributed by atoms with Crippen molar-refractivity contribution in [2.75, 3.05) is 0 Å². The molecule has 4 heteroatoms. The summed E-state index contributed by atoms with van der Waals surface area (Å²) >= 11 is 1.12. The van der Waals surface area contributed by atoms with E-state index >= 15 is 0 Å². The summed E-state index contributed by atoms with van der Waals surface area (Å²) in [5.41, 5.74) is 2.01. The van der Waals surface area contributed by atoms with E-state index in [9.17, 15) is 4.79 Å². The normalized spacial score (nSPS) is 11.5. The van der Waals surface area contributed by atoms with E-state index in [-0.39, 0.29) is 11.2 Å². The number of ketones is 1. The highest BCUT2D eigenvalue weighted by Crippen LogP contribution is 2.23. The lowest BCUT2D eigenvalue weighted by atomic mass is 9.86. The highest BCUT2D eigenvalue weighted by Gasteiger charge is 2.15. The van der Waals surface area contributed by atoms with Crippen LogP contribution < -0.4 is 0 Å². The Hall–Kier alpha value is -1.55. The maximum Gasteiger partial charge on any atom is 0.206 e. The van der Waals surface area contributed by atoms with Gasteiger partial charge in [0.1, 0.15) is 4.88 Å².